The van der Waals surface area contributed by atoms with Gasteiger partial charge < -0.3 is 19.4 Å². The Morgan fingerprint density at radius 2 is 2.04 bits per heavy atom. The Labute approximate surface area is 158 Å². The summed E-state index contributed by atoms with van der Waals surface area (Å²) in [6, 6.07) is 0.461. The molecule has 0 spiro atoms. The summed E-state index contributed by atoms with van der Waals surface area (Å²) in [4.78, 5) is 39.8. The molecule has 0 bridgehead atoms. The van der Waals surface area contributed by atoms with Crippen LogP contribution in [0, 0.1) is 5.92 Å². The molecule has 3 heterocycles. The first-order valence-corrected chi connectivity index (χ1v) is 9.91. The van der Waals surface area contributed by atoms with Gasteiger partial charge in [-0.05, 0) is 31.2 Å². The van der Waals surface area contributed by atoms with Gasteiger partial charge in [0, 0.05) is 6.54 Å². The van der Waals surface area contributed by atoms with Crippen molar-refractivity contribution in [3.63, 3.8) is 0 Å². The van der Waals surface area contributed by atoms with Gasteiger partial charge in [0.2, 0.25) is 5.91 Å². The highest BCUT2D eigenvalue weighted by molar-refractivity contribution is 5.98. The van der Waals surface area contributed by atoms with E-state index in [0.29, 0.717) is 24.4 Å². The molecule has 1 saturated carbocycles. The summed E-state index contributed by atoms with van der Waals surface area (Å²) in [6.45, 7) is 0.617. The molecule has 3 aliphatic rings. The fraction of sp³-hybridized carbons (Fsp3) is 0.650. The molecule has 3 unspecified atom stereocenters. The van der Waals surface area contributed by atoms with Crippen LogP contribution in [0.3, 0.4) is 0 Å². The number of fused-ring (bicyclic) bond motifs is 1. The molecule has 4 rings (SSSR count). The van der Waals surface area contributed by atoms with E-state index in [0.717, 1.165) is 25.7 Å². The highest BCUT2D eigenvalue weighted by Gasteiger charge is 2.46. The number of ketones is 1. The van der Waals surface area contributed by atoms with Crippen molar-refractivity contribution in [2.24, 2.45) is 5.92 Å². The van der Waals surface area contributed by atoms with Crippen molar-refractivity contribution in [3.8, 4) is 0 Å². The maximum Gasteiger partial charge on any atom is 0.255 e. The van der Waals surface area contributed by atoms with Crippen molar-refractivity contribution in [3.05, 3.63) is 24.2 Å². The third-order valence-corrected chi connectivity index (χ3v) is 6.06. The SMILES string of the molecule is O=C(NC(CC1CCCC1)C(=O)N1CCCC2OCC(=O)C21)c1ccoc1. The van der Waals surface area contributed by atoms with E-state index in [2.05, 4.69) is 5.32 Å². The predicted molar refractivity (Wildman–Crippen MR) is 96.0 cm³/mol. The first-order valence-electron chi connectivity index (χ1n) is 9.91. The number of rotatable bonds is 5. The monoisotopic (exact) mass is 374 g/mol. The van der Waals surface area contributed by atoms with E-state index in [1.807, 2.05) is 0 Å². The number of carbonyl (C=O) groups is 3. The Bertz CT molecular complexity index is 695. The van der Waals surface area contributed by atoms with E-state index in [1.54, 1.807) is 11.0 Å². The molecular formula is C20H26N2O5. The molecule has 1 aromatic rings. The Balaban J connectivity index is 1.52. The molecule has 7 nitrogen and oxygen atoms in total. The summed E-state index contributed by atoms with van der Waals surface area (Å²) in [5, 5.41) is 2.90. The largest absolute Gasteiger partial charge is 0.472 e. The highest BCUT2D eigenvalue weighted by atomic mass is 16.5. The number of ether oxygens (including phenoxy) is 1. The number of furan rings is 1. The van der Waals surface area contributed by atoms with Crippen molar-refractivity contribution in [1.82, 2.24) is 10.2 Å². The zero-order valence-corrected chi connectivity index (χ0v) is 15.4. The Kier molecular flexibility index (Phi) is 5.29. The van der Waals surface area contributed by atoms with Crippen molar-refractivity contribution in [2.75, 3.05) is 13.2 Å². The topological polar surface area (TPSA) is 88.9 Å². The van der Waals surface area contributed by atoms with Gasteiger partial charge in [0.05, 0.1) is 17.9 Å². The summed E-state index contributed by atoms with van der Waals surface area (Å²) >= 11 is 0. The fourth-order valence-electron chi connectivity index (χ4n) is 4.67. The van der Waals surface area contributed by atoms with Gasteiger partial charge in [0.1, 0.15) is 25.0 Å². The summed E-state index contributed by atoms with van der Waals surface area (Å²) in [5.41, 5.74) is 0.399. The average molecular weight is 374 g/mol. The van der Waals surface area contributed by atoms with E-state index >= 15 is 0 Å². The zero-order valence-electron chi connectivity index (χ0n) is 15.4. The van der Waals surface area contributed by atoms with Crippen LogP contribution in [0.25, 0.3) is 0 Å². The highest BCUT2D eigenvalue weighted by Crippen LogP contribution is 2.31. The second-order valence-electron chi connectivity index (χ2n) is 7.86. The fourth-order valence-corrected chi connectivity index (χ4v) is 4.67. The number of hydrogen-bond donors (Lipinski definition) is 1. The van der Waals surface area contributed by atoms with Gasteiger partial charge in [-0.25, -0.2) is 0 Å². The predicted octanol–water partition coefficient (Wildman–Crippen LogP) is 1.92. The standard InChI is InChI=1S/C20H26N2O5/c23-16-12-27-17-6-3-8-22(18(16)17)20(25)15(10-13-4-1-2-5-13)21-19(24)14-7-9-26-11-14/h7,9,11,13,15,17-18H,1-6,8,10,12H2,(H,21,24). The lowest BCUT2D eigenvalue weighted by Crippen LogP contribution is -2.58. The van der Waals surface area contributed by atoms with Crippen LogP contribution in [0.2, 0.25) is 0 Å². The molecule has 0 radical (unpaired) electrons. The van der Waals surface area contributed by atoms with Crippen molar-refractivity contribution in [2.45, 2.75) is 63.1 Å². The van der Waals surface area contributed by atoms with Gasteiger partial charge in [-0.2, -0.15) is 0 Å². The van der Waals surface area contributed by atoms with Crippen LogP contribution in [-0.4, -0.2) is 53.8 Å². The number of likely N-dealkylation sites (tertiary alicyclic amines) is 1. The van der Waals surface area contributed by atoms with Crippen LogP contribution in [0.15, 0.2) is 23.0 Å². The molecule has 2 aliphatic heterocycles. The van der Waals surface area contributed by atoms with Gasteiger partial charge >= 0.3 is 0 Å². The van der Waals surface area contributed by atoms with Crippen LogP contribution < -0.4 is 5.32 Å². The van der Waals surface area contributed by atoms with E-state index in [1.165, 1.54) is 25.4 Å². The third-order valence-electron chi connectivity index (χ3n) is 6.06. The van der Waals surface area contributed by atoms with E-state index in [9.17, 15) is 14.4 Å². The Morgan fingerprint density at radius 1 is 1.22 bits per heavy atom. The summed E-state index contributed by atoms with van der Waals surface area (Å²) in [7, 11) is 0. The molecule has 3 atom stereocenters. The minimum atomic E-state index is -0.623. The van der Waals surface area contributed by atoms with Crippen LogP contribution in [0.5, 0.6) is 0 Å². The lowest BCUT2D eigenvalue weighted by atomic mass is 9.93. The van der Waals surface area contributed by atoms with Crippen LogP contribution >= 0.6 is 0 Å². The molecule has 146 valence electrons. The maximum absolute atomic E-state index is 13.4. The lowest BCUT2D eigenvalue weighted by Gasteiger charge is -2.38. The zero-order chi connectivity index (χ0) is 18.8. The Hall–Kier alpha value is -2.15. The smallest absolute Gasteiger partial charge is 0.255 e. The van der Waals surface area contributed by atoms with E-state index < -0.39 is 12.1 Å². The quantitative estimate of drug-likeness (QED) is 0.851. The minimum absolute atomic E-state index is 0.0335. The van der Waals surface area contributed by atoms with Gasteiger partial charge in [-0.1, -0.05) is 25.7 Å². The molecule has 7 heteroatoms. The van der Waals surface area contributed by atoms with Crippen LogP contribution in [0.1, 0.15) is 55.3 Å². The molecule has 1 aromatic heterocycles. The number of nitrogens with zero attached hydrogens (tertiary/aromatic N) is 1. The van der Waals surface area contributed by atoms with Gasteiger partial charge in [-0.3, -0.25) is 14.4 Å². The van der Waals surface area contributed by atoms with E-state index in [4.69, 9.17) is 9.15 Å². The third kappa shape index (κ3) is 3.78. The minimum Gasteiger partial charge on any atom is -0.472 e. The van der Waals surface area contributed by atoms with Crippen molar-refractivity contribution < 1.29 is 23.5 Å². The van der Waals surface area contributed by atoms with Crippen LogP contribution in [0.4, 0.5) is 0 Å². The molecule has 2 amide bonds. The molecule has 2 saturated heterocycles. The first-order chi connectivity index (χ1) is 13.1. The van der Waals surface area contributed by atoms with Gasteiger partial charge in [0.15, 0.2) is 5.78 Å². The molecule has 3 fully saturated rings. The second-order valence-corrected chi connectivity index (χ2v) is 7.86. The van der Waals surface area contributed by atoms with Crippen molar-refractivity contribution in [1.29, 1.82) is 0 Å². The number of amides is 2. The Morgan fingerprint density at radius 3 is 2.78 bits per heavy atom. The number of hydrogen-bond acceptors (Lipinski definition) is 5. The van der Waals surface area contributed by atoms with Crippen LogP contribution in [-0.2, 0) is 14.3 Å². The molecular weight excluding hydrogens is 348 g/mol. The molecule has 0 aromatic carbocycles. The molecule has 27 heavy (non-hydrogen) atoms. The van der Waals surface area contributed by atoms with E-state index in [-0.39, 0.29) is 30.3 Å². The number of nitrogens with one attached hydrogen (secondary N) is 1. The lowest BCUT2D eigenvalue weighted by molar-refractivity contribution is -0.142. The summed E-state index contributed by atoms with van der Waals surface area (Å²) in [6.07, 6.45) is 9.34. The summed E-state index contributed by atoms with van der Waals surface area (Å²) in [5.74, 6) is -0.0801. The number of carbonyl (C=O) groups excluding carboxylic acids is 3. The molecule has 1 N–H and O–H groups in total. The second kappa shape index (κ2) is 7.84. The number of piperidine rings is 1. The van der Waals surface area contributed by atoms with Gasteiger partial charge in [-0.15, -0.1) is 0 Å². The van der Waals surface area contributed by atoms with Gasteiger partial charge in [0.25, 0.3) is 5.91 Å². The average Bonchev–Trinajstić information content (AvgIpc) is 3.43. The normalized spacial score (nSPS) is 26.8. The number of Topliss-reactive ketones (excluding diaryl/α,β-unsaturated/α-hetero) is 1. The summed E-state index contributed by atoms with van der Waals surface area (Å²) < 4.78 is 10.5. The maximum atomic E-state index is 13.4. The first kappa shape index (κ1) is 18.2. The van der Waals surface area contributed by atoms with Crippen molar-refractivity contribution >= 4 is 17.6 Å². The molecule has 1 aliphatic carbocycles.